The zero-order valence-corrected chi connectivity index (χ0v) is 13.2. The highest BCUT2D eigenvalue weighted by Crippen LogP contribution is 2.22. The second-order valence-electron chi connectivity index (χ2n) is 4.96. The Morgan fingerprint density at radius 3 is 2.11 bits per heavy atom. The Hall–Kier alpha value is -0.960. The van der Waals surface area contributed by atoms with Crippen LogP contribution in [0, 0.1) is 0 Å². The molecule has 1 aromatic carbocycles. The molecule has 3 heteroatoms. The number of carbonyl (C=O) groups is 1. The van der Waals surface area contributed by atoms with Crippen molar-refractivity contribution in [3.8, 4) is 0 Å². The molecule has 0 N–H and O–H groups in total. The molecule has 106 valence electrons. The monoisotopic (exact) mass is 279 g/mol. The van der Waals surface area contributed by atoms with Crippen LogP contribution in [0.3, 0.4) is 0 Å². The van der Waals surface area contributed by atoms with E-state index in [1.165, 1.54) is 17.3 Å². The molecule has 0 fully saturated rings. The molecule has 0 saturated heterocycles. The van der Waals surface area contributed by atoms with Crippen LogP contribution >= 0.6 is 11.8 Å². The van der Waals surface area contributed by atoms with Gasteiger partial charge in [0, 0.05) is 17.8 Å². The Kier molecular flexibility index (Phi) is 7.00. The highest BCUT2D eigenvalue weighted by atomic mass is 32.2. The van der Waals surface area contributed by atoms with Crippen molar-refractivity contribution in [1.29, 1.82) is 0 Å². The predicted octanol–water partition coefficient (Wildman–Crippen LogP) is 4.94. The Bertz CT molecular complexity index is 370. The van der Waals surface area contributed by atoms with Crippen LogP contribution in [0.5, 0.6) is 0 Å². The van der Waals surface area contributed by atoms with E-state index in [0.717, 1.165) is 18.6 Å². The molecule has 1 aromatic rings. The number of rotatable bonds is 6. The van der Waals surface area contributed by atoms with E-state index in [1.54, 1.807) is 0 Å². The van der Waals surface area contributed by atoms with E-state index in [4.69, 9.17) is 0 Å². The predicted molar refractivity (Wildman–Crippen MR) is 84.5 cm³/mol. The van der Waals surface area contributed by atoms with E-state index < -0.39 is 0 Å². The van der Waals surface area contributed by atoms with Gasteiger partial charge in [0.1, 0.15) is 0 Å². The third-order valence-corrected chi connectivity index (χ3v) is 4.48. The third-order valence-electron chi connectivity index (χ3n) is 3.55. The Balaban J connectivity index is 2.62. The summed E-state index contributed by atoms with van der Waals surface area (Å²) in [5.41, 5.74) is 1.20. The van der Waals surface area contributed by atoms with Crippen molar-refractivity contribution in [1.82, 2.24) is 4.90 Å². The van der Waals surface area contributed by atoms with Crippen molar-refractivity contribution in [3.05, 3.63) is 35.9 Å². The molecule has 0 aliphatic rings. The minimum Gasteiger partial charge on any atom is -0.328 e. The van der Waals surface area contributed by atoms with Crippen LogP contribution in [0.2, 0.25) is 0 Å². The van der Waals surface area contributed by atoms with Crippen LogP contribution in [-0.2, 0) is 5.75 Å². The molecule has 0 saturated carbocycles. The third kappa shape index (κ3) is 4.90. The smallest absolute Gasteiger partial charge is 0.282 e. The highest BCUT2D eigenvalue weighted by molar-refractivity contribution is 8.12. The molecule has 0 bridgehead atoms. The van der Waals surface area contributed by atoms with Gasteiger partial charge in [-0.3, -0.25) is 4.79 Å². The zero-order chi connectivity index (χ0) is 14.3. The maximum absolute atomic E-state index is 12.4. The van der Waals surface area contributed by atoms with E-state index in [-0.39, 0.29) is 5.24 Å². The van der Waals surface area contributed by atoms with Crippen molar-refractivity contribution in [3.63, 3.8) is 0 Å². The molecule has 19 heavy (non-hydrogen) atoms. The van der Waals surface area contributed by atoms with Crippen LogP contribution in [0.25, 0.3) is 0 Å². The van der Waals surface area contributed by atoms with Gasteiger partial charge in [-0.1, -0.05) is 55.9 Å². The average molecular weight is 279 g/mol. The lowest BCUT2D eigenvalue weighted by atomic mass is 10.1. The zero-order valence-electron chi connectivity index (χ0n) is 12.4. The average Bonchev–Trinajstić information content (AvgIpc) is 2.45. The number of benzene rings is 1. The Labute approximate surface area is 121 Å². The van der Waals surface area contributed by atoms with Gasteiger partial charge in [-0.05, 0) is 32.3 Å². The molecule has 0 aliphatic heterocycles. The first-order chi connectivity index (χ1) is 9.10. The molecule has 1 amide bonds. The van der Waals surface area contributed by atoms with E-state index in [1.807, 2.05) is 23.1 Å². The molecule has 0 radical (unpaired) electrons. The lowest BCUT2D eigenvalue weighted by Crippen LogP contribution is -2.42. The first-order valence-electron chi connectivity index (χ1n) is 7.09. The van der Waals surface area contributed by atoms with Crippen LogP contribution in [0.15, 0.2) is 30.3 Å². The van der Waals surface area contributed by atoms with Crippen molar-refractivity contribution in [2.24, 2.45) is 0 Å². The van der Waals surface area contributed by atoms with Crippen molar-refractivity contribution in [2.45, 2.75) is 58.4 Å². The molecular formula is C16H25NOS. The minimum atomic E-state index is 0.201. The van der Waals surface area contributed by atoms with Gasteiger partial charge in [0.05, 0.1) is 0 Å². The summed E-state index contributed by atoms with van der Waals surface area (Å²) in [4.78, 5) is 14.4. The molecule has 0 unspecified atom stereocenters. The maximum Gasteiger partial charge on any atom is 0.282 e. The maximum atomic E-state index is 12.4. The van der Waals surface area contributed by atoms with Gasteiger partial charge in [0.2, 0.25) is 0 Å². The van der Waals surface area contributed by atoms with Gasteiger partial charge >= 0.3 is 0 Å². The van der Waals surface area contributed by atoms with Crippen molar-refractivity contribution in [2.75, 3.05) is 0 Å². The molecule has 2 nitrogen and oxygen atoms in total. The van der Waals surface area contributed by atoms with Crippen LogP contribution < -0.4 is 0 Å². The topological polar surface area (TPSA) is 20.3 Å². The summed E-state index contributed by atoms with van der Waals surface area (Å²) in [6, 6.07) is 10.8. The summed E-state index contributed by atoms with van der Waals surface area (Å²) in [5, 5.41) is 0.201. The Morgan fingerprint density at radius 1 is 1.11 bits per heavy atom. The summed E-state index contributed by atoms with van der Waals surface area (Å²) < 4.78 is 0. The van der Waals surface area contributed by atoms with Crippen LogP contribution in [0.4, 0.5) is 4.79 Å². The normalized spacial score (nSPS) is 13.9. The standard InChI is InChI=1S/C16H25NOS/c1-5-13(3)17(14(4)6-2)16(18)19-12-15-10-8-7-9-11-15/h7-11,13-14H,5-6,12H2,1-4H3/t13-,14+. The van der Waals surface area contributed by atoms with Crippen molar-refractivity contribution >= 4 is 17.0 Å². The second-order valence-corrected chi connectivity index (χ2v) is 5.89. The summed E-state index contributed by atoms with van der Waals surface area (Å²) in [7, 11) is 0. The van der Waals surface area contributed by atoms with E-state index in [0.29, 0.717) is 12.1 Å². The van der Waals surface area contributed by atoms with Crippen molar-refractivity contribution < 1.29 is 4.79 Å². The first-order valence-corrected chi connectivity index (χ1v) is 8.07. The highest BCUT2D eigenvalue weighted by Gasteiger charge is 2.23. The lowest BCUT2D eigenvalue weighted by molar-refractivity contribution is 0.173. The van der Waals surface area contributed by atoms with Gasteiger partial charge in [0.15, 0.2) is 0 Å². The van der Waals surface area contributed by atoms with Gasteiger partial charge in [-0.15, -0.1) is 0 Å². The second kappa shape index (κ2) is 8.26. The quantitative estimate of drug-likeness (QED) is 0.735. The van der Waals surface area contributed by atoms with E-state index in [9.17, 15) is 4.79 Å². The molecule has 0 heterocycles. The SMILES string of the molecule is CC[C@@H](C)N(C(=O)SCc1ccccc1)[C@@H](C)CC. The summed E-state index contributed by atoms with van der Waals surface area (Å²) in [6.07, 6.45) is 2.00. The van der Waals surface area contributed by atoms with Crippen LogP contribution in [-0.4, -0.2) is 22.2 Å². The molecule has 0 aromatic heterocycles. The van der Waals surface area contributed by atoms with Gasteiger partial charge in [-0.25, -0.2) is 0 Å². The van der Waals surface area contributed by atoms with E-state index >= 15 is 0 Å². The number of hydrogen-bond acceptors (Lipinski definition) is 2. The number of carbonyl (C=O) groups excluding carboxylic acids is 1. The fraction of sp³-hybridized carbons (Fsp3) is 0.562. The fourth-order valence-corrected chi connectivity index (χ4v) is 2.97. The molecule has 1 rings (SSSR count). The van der Waals surface area contributed by atoms with Gasteiger partial charge < -0.3 is 4.90 Å². The molecule has 0 aliphatic carbocycles. The van der Waals surface area contributed by atoms with E-state index in [2.05, 4.69) is 39.8 Å². The summed E-state index contributed by atoms with van der Waals surface area (Å²) in [5.74, 6) is 0.753. The first kappa shape index (κ1) is 16.1. The molecular weight excluding hydrogens is 254 g/mol. The minimum absolute atomic E-state index is 0.201. The lowest BCUT2D eigenvalue weighted by Gasteiger charge is -2.33. The Morgan fingerprint density at radius 2 is 1.63 bits per heavy atom. The summed E-state index contributed by atoms with van der Waals surface area (Å²) >= 11 is 1.41. The largest absolute Gasteiger partial charge is 0.328 e. The number of thioether (sulfide) groups is 1. The van der Waals surface area contributed by atoms with Gasteiger partial charge in [-0.2, -0.15) is 0 Å². The van der Waals surface area contributed by atoms with Crippen LogP contribution in [0.1, 0.15) is 46.1 Å². The fourth-order valence-electron chi connectivity index (χ4n) is 1.98. The number of nitrogens with zero attached hydrogens (tertiary/aromatic N) is 1. The molecule has 0 spiro atoms. The van der Waals surface area contributed by atoms with Gasteiger partial charge in [0.25, 0.3) is 5.24 Å². The number of hydrogen-bond donors (Lipinski definition) is 0. The number of amides is 1. The molecule has 2 atom stereocenters. The summed E-state index contributed by atoms with van der Waals surface area (Å²) in [6.45, 7) is 8.53.